The minimum atomic E-state index is 0.311. The first kappa shape index (κ1) is 22.7. The Bertz CT molecular complexity index is 566. The fourth-order valence-corrected chi connectivity index (χ4v) is 3.52. The maximum Gasteiger partial charge on any atom is 0.191 e. The lowest BCUT2D eigenvalue weighted by atomic mass is 10.1. The number of ether oxygens (including phenoxy) is 2. The largest absolute Gasteiger partial charge is 0.382 e. The van der Waals surface area contributed by atoms with E-state index in [1.165, 1.54) is 11.1 Å². The van der Waals surface area contributed by atoms with Gasteiger partial charge in [0.1, 0.15) is 0 Å². The SMILES string of the molecule is CCOCCCCNC(=NC)NCc1ccc(CN2CC(C)OC(C)C2)cc1. The molecule has 0 bridgehead atoms. The Morgan fingerprint density at radius 2 is 1.79 bits per heavy atom. The Morgan fingerprint density at radius 1 is 1.11 bits per heavy atom. The molecule has 6 heteroatoms. The molecule has 1 saturated heterocycles. The summed E-state index contributed by atoms with van der Waals surface area (Å²) in [5.41, 5.74) is 2.61. The van der Waals surface area contributed by atoms with Crippen LogP contribution in [0.4, 0.5) is 0 Å². The van der Waals surface area contributed by atoms with Gasteiger partial charge >= 0.3 is 0 Å². The summed E-state index contributed by atoms with van der Waals surface area (Å²) in [5.74, 6) is 0.844. The third-order valence-electron chi connectivity index (χ3n) is 4.82. The molecule has 2 unspecified atom stereocenters. The molecular formula is C22H38N4O2. The topological polar surface area (TPSA) is 58.1 Å². The van der Waals surface area contributed by atoms with Gasteiger partial charge in [-0.3, -0.25) is 9.89 Å². The number of hydrogen-bond acceptors (Lipinski definition) is 4. The van der Waals surface area contributed by atoms with Gasteiger partial charge in [-0.25, -0.2) is 0 Å². The van der Waals surface area contributed by atoms with Crippen molar-refractivity contribution >= 4 is 5.96 Å². The molecule has 0 amide bonds. The van der Waals surface area contributed by atoms with Gasteiger partial charge in [-0.1, -0.05) is 24.3 Å². The highest BCUT2D eigenvalue weighted by Crippen LogP contribution is 2.14. The molecule has 1 aromatic carbocycles. The van der Waals surface area contributed by atoms with E-state index in [0.29, 0.717) is 12.2 Å². The van der Waals surface area contributed by atoms with Crippen LogP contribution in [0.15, 0.2) is 29.3 Å². The first-order valence-electron chi connectivity index (χ1n) is 10.6. The first-order chi connectivity index (χ1) is 13.6. The normalized spacial score (nSPS) is 20.9. The number of benzene rings is 1. The number of aliphatic imine (C=N–C) groups is 1. The van der Waals surface area contributed by atoms with E-state index in [4.69, 9.17) is 9.47 Å². The molecule has 2 rings (SSSR count). The van der Waals surface area contributed by atoms with Crippen LogP contribution >= 0.6 is 0 Å². The van der Waals surface area contributed by atoms with Crippen molar-refractivity contribution in [2.45, 2.75) is 58.9 Å². The first-order valence-corrected chi connectivity index (χ1v) is 10.6. The second kappa shape index (κ2) is 12.8. The number of unbranched alkanes of at least 4 members (excludes halogenated alkanes) is 1. The molecule has 2 N–H and O–H groups in total. The summed E-state index contributed by atoms with van der Waals surface area (Å²) < 4.78 is 11.2. The maximum atomic E-state index is 5.82. The summed E-state index contributed by atoms with van der Waals surface area (Å²) in [6.07, 6.45) is 2.77. The van der Waals surface area contributed by atoms with Crippen LogP contribution < -0.4 is 10.6 Å². The zero-order chi connectivity index (χ0) is 20.2. The third-order valence-corrected chi connectivity index (χ3v) is 4.82. The summed E-state index contributed by atoms with van der Waals surface area (Å²) >= 11 is 0. The smallest absolute Gasteiger partial charge is 0.191 e. The van der Waals surface area contributed by atoms with Gasteiger partial charge in [-0.2, -0.15) is 0 Å². The van der Waals surface area contributed by atoms with E-state index in [1.54, 1.807) is 0 Å². The molecule has 2 atom stereocenters. The van der Waals surface area contributed by atoms with E-state index in [-0.39, 0.29) is 0 Å². The van der Waals surface area contributed by atoms with Crippen LogP contribution in [0.1, 0.15) is 44.7 Å². The molecule has 1 fully saturated rings. The van der Waals surface area contributed by atoms with Crippen molar-refractivity contribution in [3.63, 3.8) is 0 Å². The summed E-state index contributed by atoms with van der Waals surface area (Å²) in [6, 6.07) is 8.85. The third kappa shape index (κ3) is 8.59. The highest BCUT2D eigenvalue weighted by Gasteiger charge is 2.21. The van der Waals surface area contributed by atoms with Crippen LogP contribution in [0.25, 0.3) is 0 Å². The highest BCUT2D eigenvalue weighted by atomic mass is 16.5. The molecule has 1 heterocycles. The van der Waals surface area contributed by atoms with Crippen molar-refractivity contribution in [1.29, 1.82) is 0 Å². The van der Waals surface area contributed by atoms with Crippen LogP contribution in [-0.2, 0) is 22.6 Å². The second-order valence-electron chi connectivity index (χ2n) is 7.52. The standard InChI is InChI=1S/C22H38N4O2/c1-5-27-13-7-6-12-24-22(23-4)25-14-20-8-10-21(11-9-20)17-26-15-18(2)28-19(3)16-26/h8-11,18-19H,5-7,12-17H2,1-4H3,(H2,23,24,25). The average Bonchev–Trinajstić information content (AvgIpc) is 2.67. The molecule has 0 radical (unpaired) electrons. The molecule has 158 valence electrons. The van der Waals surface area contributed by atoms with E-state index in [2.05, 4.69) is 58.6 Å². The van der Waals surface area contributed by atoms with E-state index >= 15 is 0 Å². The summed E-state index contributed by atoms with van der Waals surface area (Å²) in [4.78, 5) is 6.77. The Kier molecular flexibility index (Phi) is 10.3. The predicted octanol–water partition coefficient (Wildman–Crippen LogP) is 2.78. The molecule has 0 saturated carbocycles. The summed E-state index contributed by atoms with van der Waals surface area (Å²) in [5, 5.41) is 6.74. The van der Waals surface area contributed by atoms with E-state index in [0.717, 1.165) is 64.7 Å². The Morgan fingerprint density at radius 3 is 2.43 bits per heavy atom. The fourth-order valence-electron chi connectivity index (χ4n) is 3.52. The molecular weight excluding hydrogens is 352 g/mol. The van der Waals surface area contributed by atoms with Gasteiger partial charge in [0.15, 0.2) is 5.96 Å². The number of nitrogens with one attached hydrogen (secondary N) is 2. The average molecular weight is 391 g/mol. The zero-order valence-corrected chi connectivity index (χ0v) is 18.0. The highest BCUT2D eigenvalue weighted by molar-refractivity contribution is 5.79. The van der Waals surface area contributed by atoms with Crippen LogP contribution in [0, 0.1) is 0 Å². The summed E-state index contributed by atoms with van der Waals surface area (Å²) in [7, 11) is 1.81. The van der Waals surface area contributed by atoms with Gasteiger partial charge in [0.2, 0.25) is 0 Å². The molecule has 0 spiro atoms. The lowest BCUT2D eigenvalue weighted by Gasteiger charge is -2.35. The van der Waals surface area contributed by atoms with Crippen LogP contribution in [-0.4, -0.2) is 63.0 Å². The van der Waals surface area contributed by atoms with Crippen molar-refractivity contribution in [1.82, 2.24) is 15.5 Å². The van der Waals surface area contributed by atoms with Crippen molar-refractivity contribution in [2.75, 3.05) is 39.9 Å². The molecule has 0 aliphatic carbocycles. The molecule has 1 aromatic rings. The lowest BCUT2D eigenvalue weighted by molar-refractivity contribution is -0.0704. The van der Waals surface area contributed by atoms with Gasteiger partial charge in [-0.15, -0.1) is 0 Å². The second-order valence-corrected chi connectivity index (χ2v) is 7.52. The van der Waals surface area contributed by atoms with Crippen molar-refractivity contribution < 1.29 is 9.47 Å². The van der Waals surface area contributed by atoms with E-state index in [9.17, 15) is 0 Å². The molecule has 1 aliphatic heterocycles. The minimum absolute atomic E-state index is 0.311. The van der Waals surface area contributed by atoms with E-state index in [1.807, 2.05) is 14.0 Å². The Hall–Kier alpha value is -1.63. The van der Waals surface area contributed by atoms with Gasteiger partial charge in [0.25, 0.3) is 0 Å². The maximum absolute atomic E-state index is 5.82. The molecule has 0 aromatic heterocycles. The van der Waals surface area contributed by atoms with Crippen molar-refractivity contribution in [2.24, 2.45) is 4.99 Å². The van der Waals surface area contributed by atoms with Gasteiger partial charge in [0.05, 0.1) is 12.2 Å². The van der Waals surface area contributed by atoms with Crippen LogP contribution in [0.3, 0.4) is 0 Å². The van der Waals surface area contributed by atoms with Gasteiger partial charge in [-0.05, 0) is 44.7 Å². The van der Waals surface area contributed by atoms with Gasteiger partial charge < -0.3 is 20.1 Å². The van der Waals surface area contributed by atoms with Crippen molar-refractivity contribution in [3.8, 4) is 0 Å². The number of hydrogen-bond donors (Lipinski definition) is 2. The van der Waals surface area contributed by atoms with Crippen molar-refractivity contribution in [3.05, 3.63) is 35.4 Å². The predicted molar refractivity (Wildman–Crippen MR) is 116 cm³/mol. The zero-order valence-electron chi connectivity index (χ0n) is 18.0. The molecule has 6 nitrogen and oxygen atoms in total. The minimum Gasteiger partial charge on any atom is -0.382 e. The number of morpholine rings is 1. The van der Waals surface area contributed by atoms with Crippen LogP contribution in [0.5, 0.6) is 0 Å². The monoisotopic (exact) mass is 390 g/mol. The molecule has 1 aliphatic rings. The Balaban J connectivity index is 1.69. The number of rotatable bonds is 10. The molecule has 28 heavy (non-hydrogen) atoms. The fraction of sp³-hybridized carbons (Fsp3) is 0.682. The number of nitrogens with zero attached hydrogens (tertiary/aromatic N) is 2. The Labute approximate surface area is 170 Å². The number of guanidine groups is 1. The van der Waals surface area contributed by atoms with E-state index < -0.39 is 0 Å². The van der Waals surface area contributed by atoms with Crippen LogP contribution in [0.2, 0.25) is 0 Å². The lowest BCUT2D eigenvalue weighted by Crippen LogP contribution is -2.44. The summed E-state index contributed by atoms with van der Waals surface area (Å²) in [6.45, 7) is 12.6. The quantitative estimate of drug-likeness (QED) is 0.365. The van der Waals surface area contributed by atoms with Gasteiger partial charge in [0, 0.05) is 53.0 Å².